The largest absolute Gasteiger partial charge is 0.384 e. The number of nitrogens with two attached hydrogens (primary N) is 1. The molecule has 1 aliphatic rings. The summed E-state index contributed by atoms with van der Waals surface area (Å²) in [6, 6.07) is 3.47. The second kappa shape index (κ2) is 7.21. The molecule has 1 saturated heterocycles. The predicted molar refractivity (Wildman–Crippen MR) is 83.3 cm³/mol. The molecule has 1 aliphatic heterocycles. The first kappa shape index (κ1) is 15.5. The summed E-state index contributed by atoms with van der Waals surface area (Å²) in [5.74, 6) is 0.541. The van der Waals surface area contributed by atoms with Crippen molar-refractivity contribution in [2.45, 2.75) is 38.6 Å². The standard InChI is InChI=1S/C14H23N5O2/c1-11-5-2-3-9-18(11)10-4-8-16-14-12(19(20)21)6-7-13(15)17-14/h6-7,11H,2-5,8-10H2,1H3,(H3,15,16,17). The van der Waals surface area contributed by atoms with Gasteiger partial charge in [0, 0.05) is 25.2 Å². The van der Waals surface area contributed by atoms with Crippen LogP contribution in [0.2, 0.25) is 0 Å². The summed E-state index contributed by atoms with van der Waals surface area (Å²) >= 11 is 0. The Morgan fingerprint density at radius 1 is 1.52 bits per heavy atom. The molecule has 1 aromatic rings. The van der Waals surface area contributed by atoms with Gasteiger partial charge in [-0.3, -0.25) is 10.1 Å². The highest BCUT2D eigenvalue weighted by Gasteiger charge is 2.18. The molecule has 7 heteroatoms. The molecular formula is C14H23N5O2. The topological polar surface area (TPSA) is 97.3 Å². The molecule has 0 aliphatic carbocycles. The maximum atomic E-state index is 10.9. The van der Waals surface area contributed by atoms with Crippen LogP contribution in [0.25, 0.3) is 0 Å². The molecule has 0 radical (unpaired) electrons. The molecule has 2 rings (SSSR count). The summed E-state index contributed by atoms with van der Waals surface area (Å²) in [5.41, 5.74) is 5.55. The molecule has 3 N–H and O–H groups in total. The number of hydrogen-bond acceptors (Lipinski definition) is 6. The molecule has 1 aromatic heterocycles. The van der Waals surface area contributed by atoms with Gasteiger partial charge in [-0.05, 0) is 38.8 Å². The molecule has 1 unspecified atom stereocenters. The zero-order chi connectivity index (χ0) is 15.2. The van der Waals surface area contributed by atoms with Gasteiger partial charge >= 0.3 is 5.69 Å². The lowest BCUT2D eigenvalue weighted by atomic mass is 10.0. The quantitative estimate of drug-likeness (QED) is 0.474. The minimum Gasteiger partial charge on any atom is -0.384 e. The minimum absolute atomic E-state index is 0.0319. The molecule has 1 atom stereocenters. The Bertz CT molecular complexity index is 494. The van der Waals surface area contributed by atoms with Crippen LogP contribution in [0.15, 0.2) is 12.1 Å². The number of pyridine rings is 1. The molecule has 2 heterocycles. The monoisotopic (exact) mass is 293 g/mol. The van der Waals surface area contributed by atoms with Crippen LogP contribution in [0.4, 0.5) is 17.3 Å². The lowest BCUT2D eigenvalue weighted by Gasteiger charge is -2.33. The second-order valence-corrected chi connectivity index (χ2v) is 5.52. The first-order valence-corrected chi connectivity index (χ1v) is 7.47. The SMILES string of the molecule is CC1CCCCN1CCCNc1nc(N)ccc1[N+](=O)[O-]. The number of likely N-dealkylation sites (tertiary alicyclic amines) is 1. The Labute approximate surface area is 124 Å². The Balaban J connectivity index is 1.83. The van der Waals surface area contributed by atoms with Crippen LogP contribution in [0.3, 0.4) is 0 Å². The molecule has 0 saturated carbocycles. The van der Waals surface area contributed by atoms with Crippen molar-refractivity contribution in [1.29, 1.82) is 0 Å². The van der Waals surface area contributed by atoms with E-state index < -0.39 is 4.92 Å². The van der Waals surface area contributed by atoms with E-state index >= 15 is 0 Å². The number of rotatable bonds is 6. The van der Waals surface area contributed by atoms with Crippen molar-refractivity contribution in [3.63, 3.8) is 0 Å². The first-order chi connectivity index (χ1) is 10.1. The molecule has 116 valence electrons. The fourth-order valence-electron chi connectivity index (χ4n) is 2.72. The molecule has 7 nitrogen and oxygen atoms in total. The number of nitrogens with one attached hydrogen (secondary N) is 1. The van der Waals surface area contributed by atoms with E-state index in [0.717, 1.165) is 19.5 Å². The summed E-state index contributed by atoms with van der Waals surface area (Å²) in [7, 11) is 0. The summed E-state index contributed by atoms with van der Waals surface area (Å²) in [5, 5.41) is 14.0. The highest BCUT2D eigenvalue weighted by Crippen LogP contribution is 2.23. The van der Waals surface area contributed by atoms with E-state index in [0.29, 0.717) is 12.6 Å². The van der Waals surface area contributed by atoms with Crippen molar-refractivity contribution in [3.8, 4) is 0 Å². The van der Waals surface area contributed by atoms with Gasteiger partial charge in [0.1, 0.15) is 5.82 Å². The van der Waals surface area contributed by atoms with E-state index in [1.54, 1.807) is 0 Å². The number of nitro groups is 1. The Kier molecular flexibility index (Phi) is 5.32. The van der Waals surface area contributed by atoms with Crippen molar-refractivity contribution in [1.82, 2.24) is 9.88 Å². The van der Waals surface area contributed by atoms with E-state index in [4.69, 9.17) is 5.73 Å². The van der Waals surface area contributed by atoms with Gasteiger partial charge < -0.3 is 16.0 Å². The molecule has 0 bridgehead atoms. The highest BCUT2D eigenvalue weighted by atomic mass is 16.6. The third-order valence-corrected chi connectivity index (χ3v) is 3.95. The van der Waals surface area contributed by atoms with Gasteiger partial charge in [0.05, 0.1) is 4.92 Å². The number of anilines is 2. The van der Waals surface area contributed by atoms with Crippen molar-refractivity contribution >= 4 is 17.3 Å². The molecule has 0 aromatic carbocycles. The number of aromatic nitrogens is 1. The van der Waals surface area contributed by atoms with Crippen LogP contribution in [-0.2, 0) is 0 Å². The zero-order valence-corrected chi connectivity index (χ0v) is 12.4. The van der Waals surface area contributed by atoms with Gasteiger partial charge in [0.2, 0.25) is 5.82 Å². The van der Waals surface area contributed by atoms with E-state index in [-0.39, 0.29) is 17.3 Å². The van der Waals surface area contributed by atoms with Crippen molar-refractivity contribution in [2.24, 2.45) is 0 Å². The number of nitrogen functional groups attached to an aromatic ring is 1. The third-order valence-electron chi connectivity index (χ3n) is 3.95. The molecule has 1 fully saturated rings. The van der Waals surface area contributed by atoms with E-state index in [9.17, 15) is 10.1 Å². The average Bonchev–Trinajstić information content (AvgIpc) is 2.45. The van der Waals surface area contributed by atoms with Crippen LogP contribution in [0.1, 0.15) is 32.6 Å². The van der Waals surface area contributed by atoms with E-state index in [1.165, 1.54) is 31.4 Å². The number of nitrogens with zero attached hydrogens (tertiary/aromatic N) is 3. The predicted octanol–water partition coefficient (Wildman–Crippen LogP) is 2.25. The molecule has 21 heavy (non-hydrogen) atoms. The summed E-state index contributed by atoms with van der Waals surface area (Å²) in [6.07, 6.45) is 4.77. The lowest BCUT2D eigenvalue weighted by Crippen LogP contribution is -2.38. The van der Waals surface area contributed by atoms with Gasteiger partial charge in [-0.2, -0.15) is 0 Å². The molecule has 0 amide bonds. The van der Waals surface area contributed by atoms with Gasteiger partial charge in [-0.15, -0.1) is 0 Å². The van der Waals surface area contributed by atoms with Crippen LogP contribution < -0.4 is 11.1 Å². The maximum absolute atomic E-state index is 10.9. The number of hydrogen-bond donors (Lipinski definition) is 2. The van der Waals surface area contributed by atoms with Gasteiger partial charge in [-0.25, -0.2) is 4.98 Å². The molecular weight excluding hydrogens is 270 g/mol. The van der Waals surface area contributed by atoms with Crippen LogP contribution in [0.5, 0.6) is 0 Å². The van der Waals surface area contributed by atoms with Gasteiger partial charge in [-0.1, -0.05) is 6.42 Å². The zero-order valence-electron chi connectivity index (χ0n) is 12.4. The fourth-order valence-corrected chi connectivity index (χ4v) is 2.72. The average molecular weight is 293 g/mol. The Morgan fingerprint density at radius 2 is 2.33 bits per heavy atom. The molecule has 0 spiro atoms. The maximum Gasteiger partial charge on any atom is 0.311 e. The van der Waals surface area contributed by atoms with Crippen molar-refractivity contribution < 1.29 is 4.92 Å². The van der Waals surface area contributed by atoms with Crippen LogP contribution >= 0.6 is 0 Å². The summed E-state index contributed by atoms with van der Waals surface area (Å²) in [4.78, 5) is 17.0. The fraction of sp³-hybridized carbons (Fsp3) is 0.643. The van der Waals surface area contributed by atoms with Gasteiger partial charge in [0.25, 0.3) is 0 Å². The normalized spacial score (nSPS) is 19.4. The summed E-state index contributed by atoms with van der Waals surface area (Å²) in [6.45, 7) is 5.07. The van der Waals surface area contributed by atoms with Crippen molar-refractivity contribution in [2.75, 3.05) is 30.7 Å². The van der Waals surface area contributed by atoms with Crippen LogP contribution in [-0.4, -0.2) is 40.5 Å². The first-order valence-electron chi connectivity index (χ1n) is 7.47. The Morgan fingerprint density at radius 3 is 3.05 bits per heavy atom. The Hall–Kier alpha value is -1.89. The van der Waals surface area contributed by atoms with E-state index in [2.05, 4.69) is 22.1 Å². The van der Waals surface area contributed by atoms with Crippen LogP contribution in [0, 0.1) is 10.1 Å². The minimum atomic E-state index is -0.443. The summed E-state index contributed by atoms with van der Waals surface area (Å²) < 4.78 is 0. The van der Waals surface area contributed by atoms with Crippen molar-refractivity contribution in [3.05, 3.63) is 22.2 Å². The smallest absolute Gasteiger partial charge is 0.311 e. The second-order valence-electron chi connectivity index (χ2n) is 5.52. The van der Waals surface area contributed by atoms with Gasteiger partial charge in [0.15, 0.2) is 0 Å². The third kappa shape index (κ3) is 4.29. The number of piperidine rings is 1. The lowest BCUT2D eigenvalue weighted by molar-refractivity contribution is -0.384. The highest BCUT2D eigenvalue weighted by molar-refractivity contribution is 5.59. The van der Waals surface area contributed by atoms with E-state index in [1.807, 2.05) is 0 Å².